The number of aromatic nitrogens is 6. The van der Waals surface area contributed by atoms with Crippen LogP contribution in [0.25, 0.3) is 27.9 Å². The molecule has 0 unspecified atom stereocenters. The van der Waals surface area contributed by atoms with E-state index in [0.29, 0.717) is 38.6 Å². The lowest BCUT2D eigenvalue weighted by Gasteiger charge is -2.25. The highest BCUT2D eigenvalue weighted by Crippen LogP contribution is 2.40. The molecule has 0 saturated carbocycles. The molecule has 54 heavy (non-hydrogen) atoms. The van der Waals surface area contributed by atoms with Gasteiger partial charge in [0.05, 0.1) is 27.5 Å². The predicted octanol–water partition coefficient (Wildman–Crippen LogP) is 7.23. The first-order chi connectivity index (χ1) is 26.3. The van der Waals surface area contributed by atoms with Crippen LogP contribution < -0.4 is 0 Å². The number of hydrogen-bond acceptors (Lipinski definition) is 11. The van der Waals surface area contributed by atoms with Crippen LogP contribution in [0.3, 0.4) is 0 Å². The molecule has 0 aliphatic carbocycles. The summed E-state index contributed by atoms with van der Waals surface area (Å²) in [5.41, 5.74) is 1.83. The minimum atomic E-state index is -1.24. The first-order valence-electron chi connectivity index (χ1n) is 16.4. The van der Waals surface area contributed by atoms with Gasteiger partial charge in [0.25, 0.3) is 0 Å². The van der Waals surface area contributed by atoms with E-state index in [1.807, 2.05) is 6.20 Å². The van der Waals surface area contributed by atoms with E-state index in [9.17, 15) is 14.4 Å². The molecule has 16 heteroatoms. The second kappa shape index (κ2) is 15.4. The molecule has 0 amide bonds. The Morgan fingerprint density at radius 1 is 0.667 bits per heavy atom. The zero-order valence-electron chi connectivity index (χ0n) is 27.7. The van der Waals surface area contributed by atoms with Crippen molar-refractivity contribution in [2.24, 2.45) is 0 Å². The van der Waals surface area contributed by atoms with Crippen LogP contribution in [0.4, 0.5) is 0 Å². The molecule has 0 radical (unpaired) electrons. The Hall–Kier alpha value is -4.98. The third-order valence-electron chi connectivity index (χ3n) is 8.71. The second-order valence-electron chi connectivity index (χ2n) is 12.0. The Bertz CT molecular complexity index is 2520. The molecular formula is C38H25ClI2N6O7. The standard InChI is InChI=1S/C38H25ClI2N6O7/c39-31-27-24(40)16-46(32(27)43-19-42-31)33-28-25(41)17-47(34(28)45-20-44-33)35-30(54-38(50)23-14-8-3-9-15-23)29(53-37(49)22-12-6-2-7-13-22)26(52-35)18-51-36(48)21-10-4-1-5-11-21/h1-17,19-20,26,29-30,35H,18H2/t26-,29-,30-,35-/m1/s1. The van der Waals surface area contributed by atoms with E-state index in [1.165, 1.54) is 12.7 Å². The first-order valence-corrected chi connectivity index (χ1v) is 18.9. The first kappa shape index (κ1) is 36.0. The number of hydrogen-bond donors (Lipinski definition) is 0. The lowest BCUT2D eigenvalue weighted by atomic mass is 10.1. The van der Waals surface area contributed by atoms with Gasteiger partial charge in [0.15, 0.2) is 29.9 Å². The lowest BCUT2D eigenvalue weighted by Crippen LogP contribution is -2.41. The van der Waals surface area contributed by atoms with Crippen molar-refractivity contribution in [3.63, 3.8) is 0 Å². The topological polar surface area (TPSA) is 150 Å². The van der Waals surface area contributed by atoms with E-state index >= 15 is 0 Å². The van der Waals surface area contributed by atoms with E-state index in [0.717, 1.165) is 7.14 Å². The quantitative estimate of drug-likeness (QED) is 0.0624. The summed E-state index contributed by atoms with van der Waals surface area (Å²) in [7, 11) is 0. The van der Waals surface area contributed by atoms with E-state index in [1.54, 1.807) is 106 Å². The van der Waals surface area contributed by atoms with Gasteiger partial charge >= 0.3 is 17.9 Å². The average molecular weight is 967 g/mol. The van der Waals surface area contributed by atoms with E-state index in [-0.39, 0.29) is 17.7 Å². The van der Waals surface area contributed by atoms with Crippen LogP contribution in [0, 0.1) is 7.14 Å². The fraction of sp³-hybridized carbons (Fsp3) is 0.132. The molecule has 1 aliphatic rings. The molecule has 270 valence electrons. The SMILES string of the molecule is O=C(OC[C@H]1O[C@@H](n2cc(I)c3c(-n4cc(I)c5c(Cl)ncnc54)ncnc32)[C@H](OC(=O)c2ccccc2)[C@@H]1OC(=O)c1ccccc1)c1ccccc1. The summed E-state index contributed by atoms with van der Waals surface area (Å²) in [6.07, 6.45) is 1.76. The summed E-state index contributed by atoms with van der Waals surface area (Å²) < 4.78 is 29.7. The van der Waals surface area contributed by atoms with Crippen LogP contribution in [-0.2, 0) is 18.9 Å². The number of benzene rings is 3. The number of halogens is 3. The molecule has 1 aliphatic heterocycles. The molecular weight excluding hydrogens is 942 g/mol. The van der Waals surface area contributed by atoms with Crippen molar-refractivity contribution >= 4 is 96.8 Å². The van der Waals surface area contributed by atoms with Gasteiger partial charge in [-0.3, -0.25) is 4.57 Å². The van der Waals surface area contributed by atoms with Gasteiger partial charge in [0.1, 0.15) is 36.2 Å². The van der Waals surface area contributed by atoms with Crippen molar-refractivity contribution in [3.05, 3.63) is 145 Å². The van der Waals surface area contributed by atoms with Crippen LogP contribution in [0.5, 0.6) is 0 Å². The summed E-state index contributed by atoms with van der Waals surface area (Å²) in [6, 6.07) is 25.3. The Balaban J connectivity index is 1.23. The second-order valence-corrected chi connectivity index (χ2v) is 14.7. The van der Waals surface area contributed by atoms with Gasteiger partial charge < -0.3 is 23.5 Å². The predicted molar refractivity (Wildman–Crippen MR) is 212 cm³/mol. The van der Waals surface area contributed by atoms with Crippen molar-refractivity contribution in [1.82, 2.24) is 29.1 Å². The maximum atomic E-state index is 13.7. The Morgan fingerprint density at radius 2 is 1.20 bits per heavy atom. The summed E-state index contributed by atoms with van der Waals surface area (Å²) in [4.78, 5) is 58.3. The Morgan fingerprint density at radius 3 is 1.83 bits per heavy atom. The smallest absolute Gasteiger partial charge is 0.338 e. The highest BCUT2D eigenvalue weighted by atomic mass is 127. The molecule has 4 atom stereocenters. The fourth-order valence-electron chi connectivity index (χ4n) is 6.23. The molecule has 7 aromatic rings. The fourth-order valence-corrected chi connectivity index (χ4v) is 8.17. The minimum Gasteiger partial charge on any atom is -0.459 e. The third kappa shape index (κ3) is 6.91. The number of carbonyl (C=O) groups is 3. The van der Waals surface area contributed by atoms with E-state index < -0.39 is 42.4 Å². The van der Waals surface area contributed by atoms with Crippen LogP contribution in [0.15, 0.2) is 116 Å². The largest absolute Gasteiger partial charge is 0.459 e. The van der Waals surface area contributed by atoms with Gasteiger partial charge in [0, 0.05) is 19.5 Å². The molecule has 4 aromatic heterocycles. The van der Waals surface area contributed by atoms with Gasteiger partial charge in [0.2, 0.25) is 0 Å². The Labute approximate surface area is 338 Å². The van der Waals surface area contributed by atoms with Crippen molar-refractivity contribution in [2.75, 3.05) is 6.61 Å². The number of ether oxygens (including phenoxy) is 4. The summed E-state index contributed by atoms with van der Waals surface area (Å²) in [5, 5.41) is 1.61. The molecule has 0 N–H and O–H groups in total. The summed E-state index contributed by atoms with van der Waals surface area (Å²) in [5.74, 6) is -1.47. The van der Waals surface area contributed by atoms with Gasteiger partial charge in [-0.15, -0.1) is 0 Å². The summed E-state index contributed by atoms with van der Waals surface area (Å²) >= 11 is 10.8. The van der Waals surface area contributed by atoms with E-state index in [4.69, 9.17) is 30.5 Å². The van der Waals surface area contributed by atoms with Crippen molar-refractivity contribution < 1.29 is 33.3 Å². The van der Waals surface area contributed by atoms with Gasteiger partial charge in [-0.05, 0) is 81.6 Å². The Kier molecular flexibility index (Phi) is 10.3. The number of carbonyl (C=O) groups excluding carboxylic acids is 3. The van der Waals surface area contributed by atoms with Crippen LogP contribution in [-0.4, -0.2) is 71.9 Å². The van der Waals surface area contributed by atoms with Gasteiger partial charge in [-0.25, -0.2) is 34.3 Å². The maximum Gasteiger partial charge on any atom is 0.338 e. The molecule has 5 heterocycles. The summed E-state index contributed by atoms with van der Waals surface area (Å²) in [6.45, 7) is -0.332. The highest BCUT2D eigenvalue weighted by Gasteiger charge is 2.52. The molecule has 0 bridgehead atoms. The minimum absolute atomic E-state index is 0.268. The van der Waals surface area contributed by atoms with Crippen molar-refractivity contribution in [1.29, 1.82) is 0 Å². The number of rotatable bonds is 9. The highest BCUT2D eigenvalue weighted by molar-refractivity contribution is 14.1. The molecule has 3 aromatic carbocycles. The number of esters is 3. The number of fused-ring (bicyclic) bond motifs is 2. The van der Waals surface area contributed by atoms with Gasteiger partial charge in [-0.1, -0.05) is 66.2 Å². The molecule has 0 spiro atoms. The van der Waals surface area contributed by atoms with Gasteiger partial charge in [-0.2, -0.15) is 0 Å². The third-order valence-corrected chi connectivity index (χ3v) is 10.6. The van der Waals surface area contributed by atoms with Crippen molar-refractivity contribution in [2.45, 2.75) is 24.5 Å². The van der Waals surface area contributed by atoms with Crippen LogP contribution >= 0.6 is 56.8 Å². The monoisotopic (exact) mass is 966 g/mol. The zero-order chi connectivity index (χ0) is 37.3. The van der Waals surface area contributed by atoms with Crippen LogP contribution in [0.1, 0.15) is 37.3 Å². The normalized spacial score (nSPS) is 18.1. The molecule has 1 saturated heterocycles. The van der Waals surface area contributed by atoms with Crippen molar-refractivity contribution in [3.8, 4) is 5.82 Å². The molecule has 1 fully saturated rings. The zero-order valence-corrected chi connectivity index (χ0v) is 32.7. The maximum absolute atomic E-state index is 13.7. The average Bonchev–Trinajstić information content (AvgIpc) is 3.85. The lowest BCUT2D eigenvalue weighted by molar-refractivity contribution is -0.0604. The molecule has 13 nitrogen and oxygen atoms in total. The van der Waals surface area contributed by atoms with Crippen LogP contribution in [0.2, 0.25) is 5.15 Å². The molecule has 8 rings (SSSR count). The number of nitrogens with zero attached hydrogens (tertiary/aromatic N) is 6. The van der Waals surface area contributed by atoms with E-state index in [2.05, 4.69) is 65.1 Å².